The first kappa shape index (κ1) is 10.5. The Kier molecular flexibility index (Phi) is 3.41. The molecule has 1 rings (SSSR count). The summed E-state index contributed by atoms with van der Waals surface area (Å²) in [6, 6.07) is 7.53. The molecule has 14 heavy (non-hydrogen) atoms. The molecule has 0 unspecified atom stereocenters. The summed E-state index contributed by atoms with van der Waals surface area (Å²) in [5, 5.41) is 0. The lowest BCUT2D eigenvalue weighted by Crippen LogP contribution is -1.93. The summed E-state index contributed by atoms with van der Waals surface area (Å²) in [5.41, 5.74) is 2.75. The van der Waals surface area contributed by atoms with Gasteiger partial charge >= 0.3 is 0 Å². The van der Waals surface area contributed by atoms with Crippen LogP contribution in [-0.4, -0.2) is 5.78 Å². The van der Waals surface area contributed by atoms with Crippen LogP contribution in [0.3, 0.4) is 0 Å². The Morgan fingerprint density at radius 1 is 1.21 bits per heavy atom. The van der Waals surface area contributed by atoms with Gasteiger partial charge in [0.25, 0.3) is 0 Å². The Hall–Kier alpha value is -1.63. The SMILES string of the molecule is C=C(C)/C=C/C(=O)c1ccc(C)cc1. The molecule has 0 fully saturated rings. The Labute approximate surface area is 84.8 Å². The van der Waals surface area contributed by atoms with Gasteiger partial charge in [-0.3, -0.25) is 4.79 Å². The van der Waals surface area contributed by atoms with Crippen molar-refractivity contribution >= 4 is 5.78 Å². The number of benzene rings is 1. The Morgan fingerprint density at radius 3 is 2.29 bits per heavy atom. The number of hydrogen-bond acceptors (Lipinski definition) is 1. The molecule has 0 bridgehead atoms. The minimum atomic E-state index is 0.0213. The maximum absolute atomic E-state index is 11.5. The van der Waals surface area contributed by atoms with Crippen molar-refractivity contribution in [1.82, 2.24) is 0 Å². The molecule has 72 valence electrons. The molecule has 0 aliphatic carbocycles. The molecular weight excluding hydrogens is 172 g/mol. The summed E-state index contributed by atoms with van der Waals surface area (Å²) in [7, 11) is 0. The molecule has 1 aromatic carbocycles. The Balaban J connectivity index is 2.80. The van der Waals surface area contributed by atoms with Crippen LogP contribution in [0.4, 0.5) is 0 Å². The zero-order valence-corrected chi connectivity index (χ0v) is 8.58. The number of rotatable bonds is 3. The van der Waals surface area contributed by atoms with E-state index in [9.17, 15) is 4.79 Å². The molecule has 0 atom stereocenters. The molecule has 1 nitrogen and oxygen atoms in total. The molecule has 0 amide bonds. The highest BCUT2D eigenvalue weighted by Crippen LogP contribution is 2.05. The van der Waals surface area contributed by atoms with Crippen LogP contribution in [0.25, 0.3) is 0 Å². The molecule has 0 aliphatic rings. The zero-order valence-electron chi connectivity index (χ0n) is 8.58. The van der Waals surface area contributed by atoms with Crippen molar-refractivity contribution in [1.29, 1.82) is 0 Å². The second-order valence-electron chi connectivity index (χ2n) is 3.41. The molecule has 1 heteroatoms. The number of carbonyl (C=O) groups is 1. The molecule has 0 saturated heterocycles. The molecule has 0 spiro atoms. The van der Waals surface area contributed by atoms with Gasteiger partial charge < -0.3 is 0 Å². The lowest BCUT2D eigenvalue weighted by molar-refractivity contribution is 0.104. The van der Waals surface area contributed by atoms with Crippen molar-refractivity contribution in [3.63, 3.8) is 0 Å². The number of allylic oxidation sites excluding steroid dienone is 3. The van der Waals surface area contributed by atoms with Gasteiger partial charge in [0, 0.05) is 5.56 Å². The van der Waals surface area contributed by atoms with E-state index in [2.05, 4.69) is 6.58 Å². The van der Waals surface area contributed by atoms with Gasteiger partial charge in [-0.2, -0.15) is 0 Å². The molecule has 0 N–H and O–H groups in total. The molecule has 0 aromatic heterocycles. The summed E-state index contributed by atoms with van der Waals surface area (Å²) in [5.74, 6) is 0.0213. The quantitative estimate of drug-likeness (QED) is 0.402. The highest BCUT2D eigenvalue weighted by molar-refractivity contribution is 6.04. The number of carbonyl (C=O) groups excluding carboxylic acids is 1. The second kappa shape index (κ2) is 4.56. The first-order chi connectivity index (χ1) is 6.59. The van der Waals surface area contributed by atoms with E-state index in [0.29, 0.717) is 5.56 Å². The highest BCUT2D eigenvalue weighted by atomic mass is 16.1. The van der Waals surface area contributed by atoms with Gasteiger partial charge in [0.2, 0.25) is 0 Å². The monoisotopic (exact) mass is 186 g/mol. The minimum Gasteiger partial charge on any atom is -0.289 e. The molecule has 0 aliphatic heterocycles. The molecular formula is C13H14O. The van der Waals surface area contributed by atoms with Crippen LogP contribution in [0, 0.1) is 6.92 Å². The van der Waals surface area contributed by atoms with Gasteiger partial charge in [-0.15, -0.1) is 0 Å². The summed E-state index contributed by atoms with van der Waals surface area (Å²) >= 11 is 0. The van der Waals surface area contributed by atoms with E-state index in [-0.39, 0.29) is 5.78 Å². The standard InChI is InChI=1S/C13H14O/c1-10(2)4-9-13(14)12-7-5-11(3)6-8-12/h4-9H,1H2,2-3H3/b9-4+. The van der Waals surface area contributed by atoms with Crippen molar-refractivity contribution in [3.05, 3.63) is 59.7 Å². The average Bonchev–Trinajstić information content (AvgIpc) is 2.15. The van der Waals surface area contributed by atoms with Gasteiger partial charge in [-0.1, -0.05) is 48.1 Å². The molecule has 0 radical (unpaired) electrons. The predicted molar refractivity (Wildman–Crippen MR) is 59.5 cm³/mol. The predicted octanol–water partition coefficient (Wildman–Crippen LogP) is 3.31. The van der Waals surface area contributed by atoms with E-state index in [1.54, 1.807) is 12.2 Å². The van der Waals surface area contributed by atoms with E-state index in [1.165, 1.54) is 0 Å². The molecule has 0 heterocycles. The second-order valence-corrected chi connectivity index (χ2v) is 3.41. The third-order valence-electron chi connectivity index (χ3n) is 1.86. The van der Waals surface area contributed by atoms with Crippen molar-refractivity contribution < 1.29 is 4.79 Å². The van der Waals surface area contributed by atoms with Crippen molar-refractivity contribution in [2.45, 2.75) is 13.8 Å². The van der Waals surface area contributed by atoms with Gasteiger partial charge in [0.1, 0.15) is 0 Å². The maximum Gasteiger partial charge on any atom is 0.185 e. The fraction of sp³-hybridized carbons (Fsp3) is 0.154. The average molecular weight is 186 g/mol. The first-order valence-corrected chi connectivity index (χ1v) is 4.54. The van der Waals surface area contributed by atoms with E-state index in [4.69, 9.17) is 0 Å². The summed E-state index contributed by atoms with van der Waals surface area (Å²) in [4.78, 5) is 11.5. The van der Waals surface area contributed by atoms with E-state index in [0.717, 1.165) is 11.1 Å². The van der Waals surface area contributed by atoms with E-state index < -0.39 is 0 Å². The highest BCUT2D eigenvalue weighted by Gasteiger charge is 1.99. The number of ketones is 1. The van der Waals surface area contributed by atoms with E-state index >= 15 is 0 Å². The van der Waals surface area contributed by atoms with Gasteiger partial charge in [0.15, 0.2) is 5.78 Å². The fourth-order valence-corrected chi connectivity index (χ4v) is 1.03. The Bertz CT molecular complexity index is 369. The number of aryl methyl sites for hydroxylation is 1. The third kappa shape index (κ3) is 3.02. The molecule has 1 aromatic rings. The van der Waals surface area contributed by atoms with E-state index in [1.807, 2.05) is 38.1 Å². The van der Waals surface area contributed by atoms with Crippen LogP contribution in [0.15, 0.2) is 48.6 Å². The topological polar surface area (TPSA) is 17.1 Å². The normalized spacial score (nSPS) is 10.4. The van der Waals surface area contributed by atoms with Crippen LogP contribution in [0.1, 0.15) is 22.8 Å². The smallest absolute Gasteiger partial charge is 0.185 e. The van der Waals surface area contributed by atoms with Gasteiger partial charge in [0.05, 0.1) is 0 Å². The summed E-state index contributed by atoms with van der Waals surface area (Å²) in [6.45, 7) is 7.55. The van der Waals surface area contributed by atoms with Gasteiger partial charge in [-0.05, 0) is 19.9 Å². The van der Waals surface area contributed by atoms with Gasteiger partial charge in [-0.25, -0.2) is 0 Å². The summed E-state index contributed by atoms with van der Waals surface area (Å²) < 4.78 is 0. The maximum atomic E-state index is 11.5. The van der Waals surface area contributed by atoms with Crippen LogP contribution >= 0.6 is 0 Å². The van der Waals surface area contributed by atoms with Crippen LogP contribution in [-0.2, 0) is 0 Å². The third-order valence-corrected chi connectivity index (χ3v) is 1.86. The lowest BCUT2D eigenvalue weighted by Gasteiger charge is -1.96. The lowest BCUT2D eigenvalue weighted by atomic mass is 10.1. The van der Waals surface area contributed by atoms with Crippen molar-refractivity contribution in [3.8, 4) is 0 Å². The van der Waals surface area contributed by atoms with Crippen molar-refractivity contribution in [2.24, 2.45) is 0 Å². The summed E-state index contributed by atoms with van der Waals surface area (Å²) in [6.07, 6.45) is 3.27. The fourth-order valence-electron chi connectivity index (χ4n) is 1.03. The van der Waals surface area contributed by atoms with Crippen molar-refractivity contribution in [2.75, 3.05) is 0 Å². The first-order valence-electron chi connectivity index (χ1n) is 4.54. The van der Waals surface area contributed by atoms with Crippen LogP contribution < -0.4 is 0 Å². The van der Waals surface area contributed by atoms with Crippen LogP contribution in [0.2, 0.25) is 0 Å². The number of hydrogen-bond donors (Lipinski definition) is 0. The largest absolute Gasteiger partial charge is 0.289 e. The zero-order chi connectivity index (χ0) is 10.6. The minimum absolute atomic E-state index is 0.0213. The Morgan fingerprint density at radius 2 is 1.79 bits per heavy atom. The van der Waals surface area contributed by atoms with Crippen LogP contribution in [0.5, 0.6) is 0 Å². The molecule has 0 saturated carbocycles.